The zero-order valence-electron chi connectivity index (χ0n) is 11.0. The normalized spacial score (nSPS) is 27.1. The molecule has 0 radical (unpaired) electrons. The molecule has 0 unspecified atom stereocenters. The van der Waals surface area contributed by atoms with Gasteiger partial charge in [-0.05, 0) is 28.9 Å². The predicted octanol–water partition coefficient (Wildman–Crippen LogP) is 3.14. The van der Waals surface area contributed by atoms with E-state index in [0.29, 0.717) is 12.4 Å². The van der Waals surface area contributed by atoms with Crippen LogP contribution in [0.2, 0.25) is 0 Å². The molecule has 2 atom stereocenters. The quantitative estimate of drug-likeness (QED) is 0.842. The van der Waals surface area contributed by atoms with Gasteiger partial charge in [-0.15, -0.1) is 23.7 Å². The molecule has 2 N–H and O–H groups in total. The molecule has 1 aliphatic rings. The van der Waals surface area contributed by atoms with Crippen LogP contribution in [0.1, 0.15) is 18.2 Å². The van der Waals surface area contributed by atoms with Crippen molar-refractivity contribution < 1.29 is 0 Å². The van der Waals surface area contributed by atoms with Crippen LogP contribution < -0.4 is 5.73 Å². The summed E-state index contributed by atoms with van der Waals surface area (Å²) in [4.78, 5) is 7.63. The SMILES string of the molecule is C#CC[C@H]1C(=C)N(C)C(N)=N[C@]1(C)c1cc(Br)cs1. The summed E-state index contributed by atoms with van der Waals surface area (Å²) in [5.41, 5.74) is 6.47. The number of rotatable bonds is 2. The van der Waals surface area contributed by atoms with Gasteiger partial charge >= 0.3 is 0 Å². The highest BCUT2D eigenvalue weighted by Gasteiger charge is 2.43. The van der Waals surface area contributed by atoms with Crippen LogP contribution in [0.5, 0.6) is 0 Å². The number of guanidine groups is 1. The van der Waals surface area contributed by atoms with E-state index in [2.05, 4.69) is 46.4 Å². The average Bonchev–Trinajstić information content (AvgIpc) is 2.79. The highest BCUT2D eigenvalue weighted by atomic mass is 79.9. The lowest BCUT2D eigenvalue weighted by atomic mass is 9.79. The van der Waals surface area contributed by atoms with Crippen molar-refractivity contribution in [1.29, 1.82) is 0 Å². The number of nitrogens with zero attached hydrogens (tertiary/aromatic N) is 2. The Morgan fingerprint density at radius 2 is 2.42 bits per heavy atom. The Bertz CT molecular complexity index is 584. The Kier molecular flexibility index (Phi) is 3.75. The Labute approximate surface area is 126 Å². The van der Waals surface area contributed by atoms with Crippen molar-refractivity contribution in [3.05, 3.63) is 33.1 Å². The van der Waals surface area contributed by atoms with Crippen LogP contribution in [0.4, 0.5) is 0 Å². The number of aliphatic imine (C=N–C) groups is 1. The lowest BCUT2D eigenvalue weighted by Crippen LogP contribution is -2.47. The predicted molar refractivity (Wildman–Crippen MR) is 84.8 cm³/mol. The standard InChI is InChI=1S/C14H16BrN3S/c1-5-6-11-9(2)18(4)13(16)17-14(11,3)12-7-10(15)8-19-12/h1,7-8,11H,2,6H2,3-4H3,(H2,16,17)/t11-,14-/m0/s1. The van der Waals surface area contributed by atoms with Gasteiger partial charge in [-0.2, -0.15) is 0 Å². The van der Waals surface area contributed by atoms with Crippen LogP contribution >= 0.6 is 27.3 Å². The third kappa shape index (κ3) is 2.31. The average molecular weight is 338 g/mol. The fourth-order valence-corrected chi connectivity index (χ4v) is 3.93. The summed E-state index contributed by atoms with van der Waals surface area (Å²) in [5, 5.41) is 2.04. The topological polar surface area (TPSA) is 41.6 Å². The first-order chi connectivity index (χ1) is 8.90. The molecule has 0 aromatic carbocycles. The van der Waals surface area contributed by atoms with Crippen molar-refractivity contribution in [2.45, 2.75) is 18.9 Å². The van der Waals surface area contributed by atoms with Crippen molar-refractivity contribution in [1.82, 2.24) is 4.90 Å². The van der Waals surface area contributed by atoms with Crippen LogP contribution in [-0.4, -0.2) is 17.9 Å². The number of terminal acetylenes is 1. The lowest BCUT2D eigenvalue weighted by Gasteiger charge is -2.42. The van der Waals surface area contributed by atoms with Gasteiger partial charge in [0.1, 0.15) is 5.54 Å². The van der Waals surface area contributed by atoms with Gasteiger partial charge in [0.2, 0.25) is 0 Å². The molecule has 0 aliphatic carbocycles. The summed E-state index contributed by atoms with van der Waals surface area (Å²) in [7, 11) is 1.87. The second kappa shape index (κ2) is 5.03. The van der Waals surface area contributed by atoms with Crippen LogP contribution in [0.3, 0.4) is 0 Å². The summed E-state index contributed by atoms with van der Waals surface area (Å²) < 4.78 is 1.05. The molecule has 2 heterocycles. The molecule has 100 valence electrons. The van der Waals surface area contributed by atoms with E-state index in [1.54, 1.807) is 11.3 Å². The first-order valence-electron chi connectivity index (χ1n) is 5.86. The number of hydrogen-bond donors (Lipinski definition) is 1. The van der Waals surface area contributed by atoms with Gasteiger partial charge in [0.05, 0.1) is 0 Å². The van der Waals surface area contributed by atoms with Gasteiger partial charge in [0.15, 0.2) is 5.96 Å². The van der Waals surface area contributed by atoms with E-state index >= 15 is 0 Å². The van der Waals surface area contributed by atoms with Crippen LogP contribution in [0.15, 0.2) is 33.2 Å². The summed E-state index contributed by atoms with van der Waals surface area (Å²) >= 11 is 5.13. The van der Waals surface area contributed by atoms with Crippen LogP contribution in [-0.2, 0) is 5.54 Å². The molecule has 0 spiro atoms. The van der Waals surface area contributed by atoms with Crippen LogP contribution in [0, 0.1) is 18.3 Å². The molecule has 5 heteroatoms. The van der Waals surface area contributed by atoms with Gasteiger partial charge < -0.3 is 10.6 Å². The van der Waals surface area contributed by atoms with Gasteiger partial charge in [0, 0.05) is 39.8 Å². The molecule has 0 amide bonds. The number of hydrogen-bond acceptors (Lipinski definition) is 4. The summed E-state index contributed by atoms with van der Waals surface area (Å²) in [6.07, 6.45) is 6.10. The third-order valence-corrected chi connectivity index (χ3v) is 5.51. The first kappa shape index (κ1) is 14.2. The number of thiophene rings is 1. The Morgan fingerprint density at radius 1 is 1.74 bits per heavy atom. The zero-order valence-corrected chi connectivity index (χ0v) is 13.4. The fourth-order valence-electron chi connectivity index (χ4n) is 2.34. The Balaban J connectivity index is 2.56. The maximum atomic E-state index is 6.00. The first-order valence-corrected chi connectivity index (χ1v) is 7.53. The second-order valence-corrected chi connectivity index (χ2v) is 6.58. The van der Waals surface area contributed by atoms with Gasteiger partial charge in [-0.1, -0.05) is 6.58 Å². The van der Waals surface area contributed by atoms with E-state index in [4.69, 9.17) is 12.2 Å². The van der Waals surface area contributed by atoms with E-state index in [1.807, 2.05) is 17.3 Å². The molecule has 0 fully saturated rings. The third-order valence-electron chi connectivity index (χ3n) is 3.59. The van der Waals surface area contributed by atoms with Crippen molar-refractivity contribution >= 4 is 33.2 Å². The molecule has 3 nitrogen and oxygen atoms in total. The highest BCUT2D eigenvalue weighted by Crippen LogP contribution is 2.45. The smallest absolute Gasteiger partial charge is 0.196 e. The van der Waals surface area contributed by atoms with Gasteiger partial charge in [0.25, 0.3) is 0 Å². The number of nitrogens with two attached hydrogens (primary N) is 1. The van der Waals surface area contributed by atoms with E-state index < -0.39 is 5.54 Å². The summed E-state index contributed by atoms with van der Waals surface area (Å²) in [6, 6.07) is 2.07. The zero-order chi connectivity index (χ0) is 14.2. The van der Waals surface area contributed by atoms with Crippen molar-refractivity contribution in [2.24, 2.45) is 16.6 Å². The largest absolute Gasteiger partial charge is 0.370 e. The van der Waals surface area contributed by atoms with E-state index in [1.165, 1.54) is 0 Å². The lowest BCUT2D eigenvalue weighted by molar-refractivity contribution is 0.289. The molecule has 0 bridgehead atoms. The minimum atomic E-state index is -0.448. The van der Waals surface area contributed by atoms with Crippen molar-refractivity contribution in [3.63, 3.8) is 0 Å². The van der Waals surface area contributed by atoms with Crippen molar-refractivity contribution in [2.75, 3.05) is 7.05 Å². The molecule has 1 aliphatic heterocycles. The fraction of sp³-hybridized carbons (Fsp3) is 0.357. The van der Waals surface area contributed by atoms with Crippen molar-refractivity contribution in [3.8, 4) is 12.3 Å². The molecule has 1 aromatic heterocycles. The second-order valence-electron chi connectivity index (χ2n) is 4.76. The maximum Gasteiger partial charge on any atom is 0.196 e. The highest BCUT2D eigenvalue weighted by molar-refractivity contribution is 9.10. The molecular formula is C14H16BrN3S. The molecule has 1 aromatic rings. The Hall–Kier alpha value is -1.25. The number of halogens is 1. The van der Waals surface area contributed by atoms with E-state index in [9.17, 15) is 0 Å². The molecular weight excluding hydrogens is 322 g/mol. The van der Waals surface area contributed by atoms with E-state index in [0.717, 1.165) is 15.0 Å². The van der Waals surface area contributed by atoms with Crippen LogP contribution in [0.25, 0.3) is 0 Å². The van der Waals surface area contributed by atoms with E-state index in [-0.39, 0.29) is 5.92 Å². The monoisotopic (exact) mass is 337 g/mol. The summed E-state index contributed by atoms with van der Waals surface area (Å²) in [6.45, 7) is 6.20. The van der Waals surface area contributed by atoms with Gasteiger partial charge in [-0.25, -0.2) is 4.99 Å². The minimum absolute atomic E-state index is 0.0559. The maximum absolute atomic E-state index is 6.00. The minimum Gasteiger partial charge on any atom is -0.370 e. The molecule has 0 saturated carbocycles. The molecule has 19 heavy (non-hydrogen) atoms. The Morgan fingerprint density at radius 3 is 2.95 bits per heavy atom. The summed E-state index contributed by atoms with van der Waals surface area (Å²) in [5.74, 6) is 3.26. The molecule has 0 saturated heterocycles. The van der Waals surface area contributed by atoms with Gasteiger partial charge in [-0.3, -0.25) is 0 Å². The molecule has 2 rings (SSSR count).